The molecule has 4 N–H and O–H groups in total. The van der Waals surface area contributed by atoms with Crippen LogP contribution in [0.25, 0.3) is 45.0 Å². The fourth-order valence-corrected chi connectivity index (χ4v) is 6.02. The highest BCUT2D eigenvalue weighted by molar-refractivity contribution is 5.76. The van der Waals surface area contributed by atoms with Crippen LogP contribution in [-0.4, -0.2) is 98.3 Å². The van der Waals surface area contributed by atoms with Gasteiger partial charge in [0.1, 0.15) is 22.8 Å². The van der Waals surface area contributed by atoms with Crippen LogP contribution in [0.2, 0.25) is 0 Å². The Morgan fingerprint density at radius 1 is 0.500 bits per heavy atom. The molecule has 0 fully saturated rings. The van der Waals surface area contributed by atoms with Crippen molar-refractivity contribution < 1.29 is 28.8 Å². The molecule has 0 atom stereocenters. The molecule has 4 heterocycles. The predicted octanol–water partition coefficient (Wildman–Crippen LogP) is 4.94. The molecule has 4 aromatic heterocycles. The number of para-hydroxylation sites is 4. The van der Waals surface area contributed by atoms with Gasteiger partial charge >= 0.3 is 11.4 Å². The molecule has 0 saturated carbocycles. The standard InChI is InChI=1S/2C10H10N4O3.2C10H12N4O/c1-13-6-8(11-12-13)7-4-3-5-9(14(15)16)10(7)17-2;1-13-11-6-8(12-13)7-4-3-5-9(14(15)16)10(7)17-2;1-14-6-9(12-13-14)7-4-3-5-8(11)10(7)15-2;1-14-12-6-9(13-14)7-4-3-5-8(11)10(7)15-2/h2*3-6H,1-2H3;2*3-6H,11H2,1-2H3. The highest BCUT2D eigenvalue weighted by Gasteiger charge is 2.22. The van der Waals surface area contributed by atoms with Gasteiger partial charge in [-0.2, -0.15) is 30.0 Å². The number of nitrogen functional groups attached to an aromatic ring is 2. The maximum absolute atomic E-state index is 10.9. The third kappa shape index (κ3) is 10.9. The number of methoxy groups -OCH3 is 4. The van der Waals surface area contributed by atoms with Crippen LogP contribution in [0.15, 0.2) is 97.6 Å². The van der Waals surface area contributed by atoms with Crippen LogP contribution >= 0.6 is 0 Å². The van der Waals surface area contributed by atoms with E-state index < -0.39 is 9.85 Å². The summed E-state index contributed by atoms with van der Waals surface area (Å²) in [7, 11) is 12.9. The Hall–Kier alpha value is -8.96. The fourth-order valence-electron chi connectivity index (χ4n) is 6.02. The summed E-state index contributed by atoms with van der Waals surface area (Å²) in [5.74, 6) is 1.66. The molecule has 0 amide bonds. The number of rotatable bonds is 10. The van der Waals surface area contributed by atoms with Crippen molar-refractivity contribution in [3.8, 4) is 68.0 Å². The number of nitrogens with zero attached hydrogens (tertiary/aromatic N) is 14. The SMILES string of the molecule is COc1c(-c2cn(C)nn2)cccc1[N+](=O)[O-].COc1c(-c2cnn(C)n2)cccc1[N+](=O)[O-].COc1c(N)cccc1-c1cn(C)nn1.COc1c(N)cccc1-c1cnn(C)n1. The number of benzene rings is 4. The van der Waals surface area contributed by atoms with Crippen LogP contribution in [-0.2, 0) is 28.2 Å². The van der Waals surface area contributed by atoms with Gasteiger partial charge in [0, 0.05) is 51.5 Å². The summed E-state index contributed by atoms with van der Waals surface area (Å²) < 4.78 is 23.8. The third-order valence-corrected chi connectivity index (χ3v) is 8.80. The Morgan fingerprint density at radius 3 is 1.12 bits per heavy atom. The maximum Gasteiger partial charge on any atom is 0.311 e. The van der Waals surface area contributed by atoms with Crippen molar-refractivity contribution in [3.05, 3.63) is 118 Å². The Kier molecular flexibility index (Phi) is 15.1. The zero-order valence-corrected chi connectivity index (χ0v) is 35.9. The van der Waals surface area contributed by atoms with Crippen LogP contribution in [0, 0.1) is 20.2 Å². The zero-order chi connectivity index (χ0) is 46.5. The van der Waals surface area contributed by atoms with E-state index >= 15 is 0 Å². The van der Waals surface area contributed by atoms with Gasteiger partial charge < -0.3 is 30.4 Å². The predicted molar refractivity (Wildman–Crippen MR) is 234 cm³/mol. The molecule has 0 aliphatic carbocycles. The number of hydrogen-bond acceptors (Lipinski definition) is 18. The number of aryl methyl sites for hydroxylation is 4. The van der Waals surface area contributed by atoms with E-state index in [9.17, 15) is 20.2 Å². The minimum absolute atomic E-state index is 0.0874. The van der Waals surface area contributed by atoms with Gasteiger partial charge in [-0.1, -0.05) is 34.7 Å². The molecular formula is C40H44N16O8. The Balaban J connectivity index is 0.000000161. The molecule has 8 rings (SSSR count). The Bertz CT molecular complexity index is 2660. The van der Waals surface area contributed by atoms with Gasteiger partial charge in [-0.15, -0.1) is 10.2 Å². The first-order valence-corrected chi connectivity index (χ1v) is 18.7. The third-order valence-electron chi connectivity index (χ3n) is 8.80. The van der Waals surface area contributed by atoms with E-state index in [1.165, 1.54) is 46.8 Å². The number of nitro groups is 2. The van der Waals surface area contributed by atoms with Crippen molar-refractivity contribution in [1.29, 1.82) is 0 Å². The Morgan fingerprint density at radius 2 is 0.828 bits per heavy atom. The van der Waals surface area contributed by atoms with E-state index in [1.54, 1.807) is 88.8 Å². The van der Waals surface area contributed by atoms with Crippen LogP contribution in [0.5, 0.6) is 23.0 Å². The second-order valence-corrected chi connectivity index (χ2v) is 13.1. The highest BCUT2D eigenvalue weighted by Crippen LogP contribution is 2.38. The van der Waals surface area contributed by atoms with Gasteiger partial charge in [0.2, 0.25) is 11.5 Å². The van der Waals surface area contributed by atoms with E-state index in [1.807, 2.05) is 37.5 Å². The molecule has 24 nitrogen and oxygen atoms in total. The summed E-state index contributed by atoms with van der Waals surface area (Å²) in [4.78, 5) is 23.6. The zero-order valence-electron chi connectivity index (χ0n) is 35.9. The van der Waals surface area contributed by atoms with E-state index in [-0.39, 0.29) is 22.9 Å². The number of ether oxygens (including phenoxy) is 4. The van der Waals surface area contributed by atoms with Gasteiger partial charge in [0.25, 0.3) is 0 Å². The summed E-state index contributed by atoms with van der Waals surface area (Å²) in [6.45, 7) is 0. The summed E-state index contributed by atoms with van der Waals surface area (Å²) in [5.41, 5.74) is 18.0. The van der Waals surface area contributed by atoms with Crippen LogP contribution in [0.3, 0.4) is 0 Å². The number of aromatic nitrogens is 12. The number of nitrogens with two attached hydrogens (primary N) is 2. The normalized spacial score (nSPS) is 10.2. The molecule has 332 valence electrons. The molecule has 0 unspecified atom stereocenters. The lowest BCUT2D eigenvalue weighted by Crippen LogP contribution is -1.96. The van der Waals surface area contributed by atoms with Gasteiger partial charge in [-0.05, 0) is 36.4 Å². The number of nitro benzene ring substituents is 2. The Labute approximate surface area is 364 Å². The van der Waals surface area contributed by atoms with E-state index in [2.05, 4.69) is 41.0 Å². The van der Waals surface area contributed by atoms with Crippen LogP contribution in [0.4, 0.5) is 22.7 Å². The van der Waals surface area contributed by atoms with E-state index in [0.29, 0.717) is 45.4 Å². The topological polar surface area (TPSA) is 298 Å². The van der Waals surface area contributed by atoms with Crippen molar-refractivity contribution in [1.82, 2.24) is 60.0 Å². The average Bonchev–Trinajstić information content (AvgIpc) is 4.12. The smallest absolute Gasteiger partial charge is 0.311 e. The molecule has 0 aliphatic heterocycles. The first-order valence-electron chi connectivity index (χ1n) is 18.7. The number of anilines is 2. The lowest BCUT2D eigenvalue weighted by molar-refractivity contribution is -0.385. The van der Waals surface area contributed by atoms with Gasteiger partial charge in [-0.25, -0.2) is 0 Å². The molecular weight excluding hydrogens is 833 g/mol. The lowest BCUT2D eigenvalue weighted by Gasteiger charge is -2.08. The maximum atomic E-state index is 10.9. The molecule has 0 saturated heterocycles. The van der Waals surface area contributed by atoms with Crippen molar-refractivity contribution in [2.75, 3.05) is 39.9 Å². The second kappa shape index (κ2) is 21.0. The molecule has 0 bridgehead atoms. The minimum atomic E-state index is -0.487. The van der Waals surface area contributed by atoms with Crippen molar-refractivity contribution >= 4 is 22.7 Å². The molecule has 0 spiro atoms. The van der Waals surface area contributed by atoms with Crippen molar-refractivity contribution in [2.45, 2.75) is 0 Å². The highest BCUT2D eigenvalue weighted by atomic mass is 16.6. The largest absolute Gasteiger partial charge is 0.494 e. The van der Waals surface area contributed by atoms with Crippen LogP contribution in [0.1, 0.15) is 0 Å². The van der Waals surface area contributed by atoms with Gasteiger partial charge in [-0.3, -0.25) is 29.6 Å². The van der Waals surface area contributed by atoms with Crippen molar-refractivity contribution in [2.24, 2.45) is 28.2 Å². The average molecular weight is 877 g/mol. The summed E-state index contributed by atoms with van der Waals surface area (Å²) >= 11 is 0. The molecule has 4 aromatic carbocycles. The molecule has 8 aromatic rings. The molecule has 24 heteroatoms. The minimum Gasteiger partial charge on any atom is -0.494 e. The van der Waals surface area contributed by atoms with Gasteiger partial charge in [0.15, 0.2) is 11.5 Å². The summed E-state index contributed by atoms with van der Waals surface area (Å²) in [5, 5.41) is 53.5. The monoisotopic (exact) mass is 876 g/mol. The fraction of sp³-hybridized carbons (Fsp3) is 0.200. The molecule has 0 radical (unpaired) electrons. The quantitative estimate of drug-likeness (QED) is 0.104. The summed E-state index contributed by atoms with van der Waals surface area (Å²) in [6.07, 6.45) is 6.69. The molecule has 0 aliphatic rings. The van der Waals surface area contributed by atoms with Crippen LogP contribution < -0.4 is 30.4 Å². The summed E-state index contributed by atoms with van der Waals surface area (Å²) in [6, 6.07) is 20.5. The first-order chi connectivity index (χ1) is 30.7. The van der Waals surface area contributed by atoms with Gasteiger partial charge in [0.05, 0.1) is 85.6 Å². The van der Waals surface area contributed by atoms with E-state index in [0.717, 1.165) is 22.5 Å². The van der Waals surface area contributed by atoms with E-state index in [4.69, 9.17) is 30.4 Å². The number of hydrogen-bond donors (Lipinski definition) is 2. The van der Waals surface area contributed by atoms with Crippen molar-refractivity contribution in [3.63, 3.8) is 0 Å². The molecule has 64 heavy (non-hydrogen) atoms. The lowest BCUT2D eigenvalue weighted by atomic mass is 10.1. The second-order valence-electron chi connectivity index (χ2n) is 13.1. The first kappa shape index (κ1) is 46.1.